The lowest BCUT2D eigenvalue weighted by Gasteiger charge is -2.04. The third-order valence-corrected chi connectivity index (χ3v) is 5.89. The minimum absolute atomic E-state index is 0.861. The Morgan fingerprint density at radius 3 is 2.75 bits per heavy atom. The highest BCUT2D eigenvalue weighted by Gasteiger charge is 2.13. The number of hydrogen-bond acceptors (Lipinski definition) is 5. The van der Waals surface area contributed by atoms with Crippen LogP contribution in [0.2, 0.25) is 0 Å². The molecule has 0 bridgehead atoms. The van der Waals surface area contributed by atoms with Crippen molar-refractivity contribution in [3.8, 4) is 27.6 Å². The molecule has 5 heteroatoms. The van der Waals surface area contributed by atoms with Gasteiger partial charge in [0.05, 0.1) is 17.0 Å². The third kappa shape index (κ3) is 2.49. The van der Waals surface area contributed by atoms with Crippen LogP contribution in [-0.2, 0) is 0 Å². The maximum atomic E-state index is 5.41. The van der Waals surface area contributed by atoms with Gasteiger partial charge in [0.1, 0.15) is 10.8 Å². The molecule has 0 N–H and O–H groups in total. The molecule has 0 radical (unpaired) electrons. The number of thiophene rings is 1. The Morgan fingerprint density at radius 2 is 1.95 bits per heavy atom. The van der Waals surface area contributed by atoms with Crippen LogP contribution < -0.4 is 4.74 Å². The van der Waals surface area contributed by atoms with E-state index in [1.807, 2.05) is 24.3 Å². The van der Waals surface area contributed by atoms with Crippen LogP contribution in [0.25, 0.3) is 21.8 Å². The first-order valence-corrected chi connectivity index (χ1v) is 9.02. The predicted octanol–water partition coefficient (Wildman–Crippen LogP) is 5.27. The molecule has 0 saturated carbocycles. The van der Waals surface area contributed by atoms with Crippen molar-refractivity contribution in [2.75, 3.05) is 13.4 Å². The Balaban J connectivity index is 2.02. The van der Waals surface area contributed by atoms with E-state index in [1.165, 1.54) is 9.77 Å². The summed E-state index contributed by atoms with van der Waals surface area (Å²) in [5.74, 6) is 0.861. The van der Waals surface area contributed by atoms with E-state index in [2.05, 4.69) is 23.1 Å². The number of thioether (sulfide) groups is 1. The van der Waals surface area contributed by atoms with Gasteiger partial charge in [-0.3, -0.25) is 0 Å². The van der Waals surface area contributed by atoms with E-state index in [0.717, 1.165) is 22.0 Å². The van der Waals surface area contributed by atoms with E-state index in [4.69, 9.17) is 9.72 Å². The summed E-state index contributed by atoms with van der Waals surface area (Å²) >= 11 is 5.21. The van der Waals surface area contributed by atoms with Crippen LogP contribution in [0.3, 0.4) is 0 Å². The van der Waals surface area contributed by atoms with E-state index in [1.54, 1.807) is 41.5 Å². The van der Waals surface area contributed by atoms with Crippen molar-refractivity contribution in [1.82, 2.24) is 4.98 Å². The molecule has 0 amide bonds. The van der Waals surface area contributed by atoms with Gasteiger partial charge < -0.3 is 4.74 Å². The molecule has 2 aromatic heterocycles. The molecule has 3 aromatic rings. The van der Waals surface area contributed by atoms with Crippen LogP contribution in [-0.4, -0.2) is 18.3 Å². The normalized spacial score (nSPS) is 10.7. The quantitative estimate of drug-likeness (QED) is 0.612. The average Bonchev–Trinajstić information content (AvgIpc) is 3.15. The summed E-state index contributed by atoms with van der Waals surface area (Å²) in [5, 5.41) is 5.27. The fourth-order valence-electron chi connectivity index (χ4n) is 1.99. The highest BCUT2D eigenvalue weighted by molar-refractivity contribution is 8.00. The van der Waals surface area contributed by atoms with Gasteiger partial charge in [-0.25, -0.2) is 4.98 Å². The van der Waals surface area contributed by atoms with Crippen molar-refractivity contribution >= 4 is 34.4 Å². The van der Waals surface area contributed by atoms with E-state index < -0.39 is 0 Å². The lowest BCUT2D eigenvalue weighted by atomic mass is 10.1. The van der Waals surface area contributed by atoms with Crippen LogP contribution in [0, 0.1) is 0 Å². The molecule has 0 aliphatic heterocycles. The predicted molar refractivity (Wildman–Crippen MR) is 89.2 cm³/mol. The van der Waals surface area contributed by atoms with E-state index in [9.17, 15) is 0 Å². The van der Waals surface area contributed by atoms with E-state index >= 15 is 0 Å². The first-order chi connectivity index (χ1) is 9.83. The number of benzene rings is 1. The van der Waals surface area contributed by atoms with Gasteiger partial charge in [-0.05, 0) is 29.8 Å². The van der Waals surface area contributed by atoms with Crippen LogP contribution in [0.15, 0.2) is 45.3 Å². The van der Waals surface area contributed by atoms with Crippen molar-refractivity contribution in [1.29, 1.82) is 0 Å². The van der Waals surface area contributed by atoms with Gasteiger partial charge >= 0.3 is 0 Å². The molecule has 0 atom stereocenters. The Hall–Kier alpha value is -1.30. The van der Waals surface area contributed by atoms with Crippen LogP contribution in [0.1, 0.15) is 0 Å². The van der Waals surface area contributed by atoms with Crippen molar-refractivity contribution in [2.24, 2.45) is 0 Å². The second-order valence-electron chi connectivity index (χ2n) is 4.06. The second kappa shape index (κ2) is 5.99. The minimum Gasteiger partial charge on any atom is -0.496 e. The number of thiazole rings is 1. The molecular formula is C15H13NOS3. The van der Waals surface area contributed by atoms with Crippen LogP contribution in [0.5, 0.6) is 5.75 Å². The number of methoxy groups -OCH3 is 1. The molecular weight excluding hydrogens is 306 g/mol. The Morgan fingerprint density at radius 1 is 1.10 bits per heavy atom. The SMILES string of the molecule is COc1ccccc1-c1csc(-c2ccsc2SC)n1. The molecule has 102 valence electrons. The Kier molecular flexibility index (Phi) is 4.10. The monoisotopic (exact) mass is 319 g/mol. The standard InChI is InChI=1S/C15H13NOS3/c1-17-13-6-4-3-5-10(13)12-9-20-14(16-12)11-7-8-19-15(11)18-2/h3-9H,1-2H3. The number of aromatic nitrogens is 1. The minimum atomic E-state index is 0.861. The fraction of sp³-hybridized carbons (Fsp3) is 0.133. The zero-order valence-electron chi connectivity index (χ0n) is 11.1. The highest BCUT2D eigenvalue weighted by atomic mass is 32.2. The molecule has 0 unspecified atom stereocenters. The number of rotatable bonds is 4. The lowest BCUT2D eigenvalue weighted by Crippen LogP contribution is -1.87. The van der Waals surface area contributed by atoms with Gasteiger partial charge in [0.2, 0.25) is 0 Å². The molecule has 0 saturated heterocycles. The molecule has 2 heterocycles. The molecule has 3 rings (SSSR count). The van der Waals surface area contributed by atoms with Crippen molar-refractivity contribution < 1.29 is 4.74 Å². The number of para-hydroxylation sites is 1. The average molecular weight is 319 g/mol. The smallest absolute Gasteiger partial charge is 0.128 e. The molecule has 0 aliphatic rings. The summed E-state index contributed by atoms with van der Waals surface area (Å²) in [6, 6.07) is 10.1. The van der Waals surface area contributed by atoms with E-state index in [0.29, 0.717) is 0 Å². The molecule has 0 spiro atoms. The zero-order valence-corrected chi connectivity index (χ0v) is 13.6. The Labute approximate surface area is 130 Å². The Bertz CT molecular complexity index is 717. The van der Waals surface area contributed by atoms with Gasteiger partial charge in [0.25, 0.3) is 0 Å². The summed E-state index contributed by atoms with van der Waals surface area (Å²) < 4.78 is 6.72. The van der Waals surface area contributed by atoms with E-state index in [-0.39, 0.29) is 0 Å². The van der Waals surface area contributed by atoms with Crippen molar-refractivity contribution in [2.45, 2.75) is 4.21 Å². The number of hydrogen-bond donors (Lipinski definition) is 0. The fourth-order valence-corrected chi connectivity index (χ4v) is 4.53. The molecule has 0 fully saturated rings. The molecule has 20 heavy (non-hydrogen) atoms. The maximum absolute atomic E-state index is 5.41. The van der Waals surface area contributed by atoms with Gasteiger partial charge in [0.15, 0.2) is 0 Å². The van der Waals surface area contributed by atoms with Gasteiger partial charge in [0, 0.05) is 16.5 Å². The summed E-state index contributed by atoms with van der Waals surface area (Å²) in [6.45, 7) is 0. The van der Waals surface area contributed by atoms with Crippen molar-refractivity contribution in [3.63, 3.8) is 0 Å². The van der Waals surface area contributed by atoms with Gasteiger partial charge in [-0.2, -0.15) is 0 Å². The first kappa shape index (κ1) is 13.7. The molecule has 2 nitrogen and oxygen atoms in total. The number of ether oxygens (including phenoxy) is 1. The molecule has 1 aromatic carbocycles. The summed E-state index contributed by atoms with van der Waals surface area (Å²) in [6.07, 6.45) is 2.10. The molecule has 0 aliphatic carbocycles. The van der Waals surface area contributed by atoms with Gasteiger partial charge in [-0.1, -0.05) is 12.1 Å². The van der Waals surface area contributed by atoms with Crippen molar-refractivity contribution in [3.05, 3.63) is 41.1 Å². The summed E-state index contributed by atoms with van der Waals surface area (Å²) in [4.78, 5) is 4.77. The summed E-state index contributed by atoms with van der Waals surface area (Å²) in [5.41, 5.74) is 3.24. The first-order valence-electron chi connectivity index (χ1n) is 6.04. The number of nitrogens with zero attached hydrogens (tertiary/aromatic N) is 1. The lowest BCUT2D eigenvalue weighted by molar-refractivity contribution is 0.416. The maximum Gasteiger partial charge on any atom is 0.128 e. The third-order valence-electron chi connectivity index (χ3n) is 2.93. The van der Waals surface area contributed by atoms with Crippen LogP contribution in [0.4, 0.5) is 0 Å². The highest BCUT2D eigenvalue weighted by Crippen LogP contribution is 2.39. The van der Waals surface area contributed by atoms with Crippen LogP contribution >= 0.6 is 34.4 Å². The summed E-state index contributed by atoms with van der Waals surface area (Å²) in [7, 11) is 1.69. The zero-order chi connectivity index (χ0) is 13.9. The second-order valence-corrected chi connectivity index (χ2v) is 6.91. The van der Waals surface area contributed by atoms with Gasteiger partial charge in [-0.15, -0.1) is 34.4 Å². The topological polar surface area (TPSA) is 22.1 Å². The largest absolute Gasteiger partial charge is 0.496 e.